The van der Waals surface area contributed by atoms with Crippen LogP contribution >= 0.6 is 34.2 Å². The lowest BCUT2D eigenvalue weighted by atomic mass is 10.4. The second-order valence-electron chi connectivity index (χ2n) is 4.51. The van der Waals surface area contributed by atoms with E-state index in [1.54, 1.807) is 24.9 Å². The van der Waals surface area contributed by atoms with E-state index < -0.39 is 0 Å². The van der Waals surface area contributed by atoms with Crippen LogP contribution in [0.5, 0.6) is 0 Å². The molecule has 0 aliphatic heterocycles. The monoisotopic (exact) mass is 416 g/mol. The first-order valence-corrected chi connectivity index (χ1v) is 7.48. The Kier molecular flexibility index (Phi) is 3.66. The minimum atomic E-state index is -0.118. The van der Waals surface area contributed by atoms with E-state index in [2.05, 4.69) is 20.1 Å². The Labute approximate surface area is 138 Å². The summed E-state index contributed by atoms with van der Waals surface area (Å²) in [4.78, 5) is 25.0. The van der Waals surface area contributed by atoms with Crippen LogP contribution in [0.1, 0.15) is 11.5 Å². The standard InChI is InChI=1S/C12H10ClIN6O/c1-6-9(14)12(21)20(5-15-6)4-8-17-10(13)7-3-16-19(2)11(7)18-8/h3,5H,4H2,1-2H3. The van der Waals surface area contributed by atoms with Gasteiger partial charge in [0.05, 0.1) is 33.7 Å². The van der Waals surface area contributed by atoms with Gasteiger partial charge in [0.1, 0.15) is 5.15 Å². The smallest absolute Gasteiger partial charge is 0.267 e. The molecule has 0 aromatic carbocycles. The zero-order chi connectivity index (χ0) is 15.1. The van der Waals surface area contributed by atoms with Gasteiger partial charge in [0.25, 0.3) is 5.56 Å². The Morgan fingerprint density at radius 1 is 1.38 bits per heavy atom. The van der Waals surface area contributed by atoms with Crippen molar-refractivity contribution in [3.63, 3.8) is 0 Å². The van der Waals surface area contributed by atoms with E-state index in [1.807, 2.05) is 22.6 Å². The molecule has 0 spiro atoms. The molecule has 0 atom stereocenters. The highest BCUT2D eigenvalue weighted by Gasteiger charge is 2.12. The molecule has 3 heterocycles. The van der Waals surface area contributed by atoms with Crippen molar-refractivity contribution in [2.45, 2.75) is 13.5 Å². The highest BCUT2D eigenvalue weighted by Crippen LogP contribution is 2.19. The van der Waals surface area contributed by atoms with Crippen LogP contribution < -0.4 is 5.56 Å². The molecule has 0 radical (unpaired) electrons. The maximum atomic E-state index is 12.2. The molecule has 0 N–H and O–H groups in total. The molecule has 0 fully saturated rings. The highest BCUT2D eigenvalue weighted by atomic mass is 127. The number of halogens is 2. The lowest BCUT2D eigenvalue weighted by molar-refractivity contribution is 0.686. The second-order valence-corrected chi connectivity index (χ2v) is 5.95. The second kappa shape index (κ2) is 5.34. The van der Waals surface area contributed by atoms with Gasteiger partial charge in [-0.2, -0.15) is 5.10 Å². The topological polar surface area (TPSA) is 78.5 Å². The lowest BCUT2D eigenvalue weighted by Crippen LogP contribution is -2.25. The predicted molar refractivity (Wildman–Crippen MR) is 86.4 cm³/mol. The molecule has 21 heavy (non-hydrogen) atoms. The Morgan fingerprint density at radius 3 is 2.90 bits per heavy atom. The molecular weight excluding hydrogens is 407 g/mol. The summed E-state index contributed by atoms with van der Waals surface area (Å²) in [6.45, 7) is 2.01. The largest absolute Gasteiger partial charge is 0.291 e. The summed E-state index contributed by atoms with van der Waals surface area (Å²) in [6, 6.07) is 0. The average Bonchev–Trinajstić information content (AvgIpc) is 2.82. The summed E-state index contributed by atoms with van der Waals surface area (Å²) in [6.07, 6.45) is 3.11. The van der Waals surface area contributed by atoms with Crippen LogP contribution in [0, 0.1) is 10.5 Å². The van der Waals surface area contributed by atoms with Crippen LogP contribution in [-0.2, 0) is 13.6 Å². The average molecular weight is 417 g/mol. The van der Waals surface area contributed by atoms with E-state index in [0.717, 1.165) is 0 Å². The van der Waals surface area contributed by atoms with Crippen molar-refractivity contribution in [1.82, 2.24) is 29.3 Å². The minimum absolute atomic E-state index is 0.118. The Balaban J connectivity index is 2.08. The maximum Gasteiger partial charge on any atom is 0.267 e. The zero-order valence-corrected chi connectivity index (χ0v) is 14.1. The van der Waals surface area contributed by atoms with Gasteiger partial charge in [-0.05, 0) is 29.5 Å². The zero-order valence-electron chi connectivity index (χ0n) is 11.2. The summed E-state index contributed by atoms with van der Waals surface area (Å²) in [7, 11) is 1.78. The van der Waals surface area contributed by atoms with Crippen LogP contribution in [0.4, 0.5) is 0 Å². The van der Waals surface area contributed by atoms with Crippen LogP contribution in [0.2, 0.25) is 5.15 Å². The van der Waals surface area contributed by atoms with Crippen molar-refractivity contribution in [1.29, 1.82) is 0 Å². The van der Waals surface area contributed by atoms with E-state index in [4.69, 9.17) is 11.6 Å². The number of aryl methyl sites for hydroxylation is 2. The van der Waals surface area contributed by atoms with E-state index >= 15 is 0 Å². The fraction of sp³-hybridized carbons (Fsp3) is 0.250. The normalized spacial score (nSPS) is 11.2. The van der Waals surface area contributed by atoms with Crippen LogP contribution in [0.25, 0.3) is 11.0 Å². The third-order valence-electron chi connectivity index (χ3n) is 3.06. The number of rotatable bonds is 2. The first-order chi connectivity index (χ1) is 9.97. The summed E-state index contributed by atoms with van der Waals surface area (Å²) < 4.78 is 3.66. The molecule has 0 aliphatic carbocycles. The predicted octanol–water partition coefficient (Wildman–Crippen LogP) is 1.53. The number of nitrogens with zero attached hydrogens (tertiary/aromatic N) is 6. The molecule has 0 amide bonds. The summed E-state index contributed by atoms with van der Waals surface area (Å²) >= 11 is 8.11. The van der Waals surface area contributed by atoms with Crippen molar-refractivity contribution in [3.8, 4) is 0 Å². The molecule has 7 nitrogen and oxygen atoms in total. The van der Waals surface area contributed by atoms with E-state index in [9.17, 15) is 4.79 Å². The van der Waals surface area contributed by atoms with E-state index in [-0.39, 0.29) is 12.1 Å². The fourth-order valence-corrected chi connectivity index (χ4v) is 2.59. The van der Waals surface area contributed by atoms with Gasteiger partial charge >= 0.3 is 0 Å². The molecule has 0 aliphatic rings. The van der Waals surface area contributed by atoms with Gasteiger partial charge in [-0.15, -0.1) is 0 Å². The molecule has 9 heteroatoms. The molecule has 0 unspecified atom stereocenters. The van der Waals surface area contributed by atoms with Gasteiger partial charge in [0, 0.05) is 7.05 Å². The summed E-state index contributed by atoms with van der Waals surface area (Å²) in [5.41, 5.74) is 1.22. The van der Waals surface area contributed by atoms with Gasteiger partial charge < -0.3 is 0 Å². The number of hydrogen-bond acceptors (Lipinski definition) is 5. The Morgan fingerprint density at radius 2 is 2.14 bits per heavy atom. The molecule has 3 aromatic heterocycles. The molecule has 0 bridgehead atoms. The van der Waals surface area contributed by atoms with Gasteiger partial charge in [0.2, 0.25) is 0 Å². The lowest BCUT2D eigenvalue weighted by Gasteiger charge is -2.07. The van der Waals surface area contributed by atoms with Crippen molar-refractivity contribution < 1.29 is 0 Å². The van der Waals surface area contributed by atoms with E-state index in [0.29, 0.717) is 31.3 Å². The molecule has 3 rings (SSSR count). The minimum Gasteiger partial charge on any atom is -0.291 e. The quantitative estimate of drug-likeness (QED) is 0.468. The van der Waals surface area contributed by atoms with Crippen molar-refractivity contribution in [3.05, 3.63) is 43.1 Å². The van der Waals surface area contributed by atoms with Crippen LogP contribution in [-0.4, -0.2) is 29.3 Å². The summed E-state index contributed by atoms with van der Waals surface area (Å²) in [5.74, 6) is 0.444. The fourth-order valence-electron chi connectivity index (χ4n) is 1.91. The SMILES string of the molecule is Cc1ncn(Cc2nc(Cl)c3cnn(C)c3n2)c(=O)c1I. The molecular formula is C12H10ClIN6O. The number of fused-ring (bicyclic) bond motifs is 1. The maximum absolute atomic E-state index is 12.2. The molecule has 0 saturated heterocycles. The van der Waals surface area contributed by atoms with E-state index in [1.165, 1.54) is 10.9 Å². The van der Waals surface area contributed by atoms with Crippen LogP contribution in [0.3, 0.4) is 0 Å². The first kappa shape index (κ1) is 14.4. The van der Waals surface area contributed by atoms with Gasteiger partial charge in [-0.25, -0.2) is 15.0 Å². The van der Waals surface area contributed by atoms with Gasteiger partial charge in [0.15, 0.2) is 11.5 Å². The Bertz CT molecular complexity index is 903. The van der Waals surface area contributed by atoms with Crippen LogP contribution in [0.15, 0.2) is 17.3 Å². The van der Waals surface area contributed by atoms with Crippen molar-refractivity contribution in [2.75, 3.05) is 0 Å². The molecule has 3 aromatic rings. The number of hydrogen-bond donors (Lipinski definition) is 0. The molecule has 0 saturated carbocycles. The van der Waals surface area contributed by atoms with Gasteiger partial charge in [-0.3, -0.25) is 14.0 Å². The van der Waals surface area contributed by atoms with Crippen molar-refractivity contribution >= 4 is 45.2 Å². The Hall–Kier alpha value is -1.55. The molecule has 108 valence electrons. The highest BCUT2D eigenvalue weighted by molar-refractivity contribution is 14.1. The third-order valence-corrected chi connectivity index (χ3v) is 4.59. The first-order valence-electron chi connectivity index (χ1n) is 6.03. The third kappa shape index (κ3) is 2.53. The number of aromatic nitrogens is 6. The van der Waals surface area contributed by atoms with Gasteiger partial charge in [-0.1, -0.05) is 11.6 Å². The summed E-state index contributed by atoms with van der Waals surface area (Å²) in [5, 5.41) is 5.11. The van der Waals surface area contributed by atoms with Crippen molar-refractivity contribution in [2.24, 2.45) is 7.05 Å².